The first-order valence-electron chi connectivity index (χ1n) is 8.37. The van der Waals surface area contributed by atoms with E-state index in [-0.39, 0.29) is 31.3 Å². The standard InChI is InChI=1S/C20H18ClNO5/c1-26-17-4-2-3-16(10-17)22-11-14(9-19(22)24)20(25)27-12-18(23)13-5-7-15(21)8-6-13/h2-8,10,14H,9,11-12H2,1H3/t14-/m0/s1. The molecule has 140 valence electrons. The fourth-order valence-corrected chi connectivity index (χ4v) is 2.99. The number of methoxy groups -OCH3 is 1. The van der Waals surface area contributed by atoms with E-state index in [1.807, 2.05) is 0 Å². The lowest BCUT2D eigenvalue weighted by Crippen LogP contribution is -2.27. The Bertz CT molecular complexity index is 865. The van der Waals surface area contributed by atoms with E-state index >= 15 is 0 Å². The van der Waals surface area contributed by atoms with Gasteiger partial charge in [-0.15, -0.1) is 0 Å². The molecule has 27 heavy (non-hydrogen) atoms. The molecule has 1 aliphatic rings. The van der Waals surface area contributed by atoms with Crippen LogP contribution in [-0.4, -0.2) is 37.9 Å². The highest BCUT2D eigenvalue weighted by Gasteiger charge is 2.36. The maximum atomic E-state index is 12.3. The number of Topliss-reactive ketones (excluding diaryl/α,β-unsaturated/α-hetero) is 1. The summed E-state index contributed by atoms with van der Waals surface area (Å²) in [4.78, 5) is 38.2. The molecule has 0 bridgehead atoms. The van der Waals surface area contributed by atoms with Crippen molar-refractivity contribution < 1.29 is 23.9 Å². The van der Waals surface area contributed by atoms with E-state index in [1.54, 1.807) is 55.6 Å². The second kappa shape index (κ2) is 8.22. The Kier molecular flexibility index (Phi) is 5.76. The summed E-state index contributed by atoms with van der Waals surface area (Å²) in [5.41, 5.74) is 1.07. The number of ketones is 1. The van der Waals surface area contributed by atoms with E-state index in [4.69, 9.17) is 21.1 Å². The Balaban J connectivity index is 1.58. The molecule has 2 aromatic rings. The van der Waals surface area contributed by atoms with E-state index in [2.05, 4.69) is 0 Å². The fourth-order valence-electron chi connectivity index (χ4n) is 2.87. The van der Waals surface area contributed by atoms with Crippen LogP contribution in [0.15, 0.2) is 48.5 Å². The molecule has 1 heterocycles. The van der Waals surface area contributed by atoms with Gasteiger partial charge in [0.25, 0.3) is 0 Å². The lowest BCUT2D eigenvalue weighted by atomic mass is 10.1. The first-order valence-corrected chi connectivity index (χ1v) is 8.75. The minimum Gasteiger partial charge on any atom is -0.497 e. The summed E-state index contributed by atoms with van der Waals surface area (Å²) >= 11 is 5.79. The number of ether oxygens (including phenoxy) is 2. The Morgan fingerprint density at radius 2 is 1.93 bits per heavy atom. The molecule has 0 unspecified atom stereocenters. The quantitative estimate of drug-likeness (QED) is 0.562. The summed E-state index contributed by atoms with van der Waals surface area (Å²) in [6.07, 6.45) is 0.0468. The number of nitrogens with zero attached hydrogens (tertiary/aromatic N) is 1. The van der Waals surface area contributed by atoms with Gasteiger partial charge in [-0.1, -0.05) is 17.7 Å². The van der Waals surface area contributed by atoms with Gasteiger partial charge in [-0.05, 0) is 36.4 Å². The van der Waals surface area contributed by atoms with Crippen molar-refractivity contribution in [3.63, 3.8) is 0 Å². The molecule has 0 N–H and O–H groups in total. The summed E-state index contributed by atoms with van der Waals surface area (Å²) in [5.74, 6) is -1.04. The third-order valence-electron chi connectivity index (χ3n) is 4.34. The van der Waals surface area contributed by atoms with Gasteiger partial charge in [0.2, 0.25) is 5.91 Å². The molecular weight excluding hydrogens is 370 g/mol. The highest BCUT2D eigenvalue weighted by molar-refractivity contribution is 6.30. The van der Waals surface area contributed by atoms with Crippen LogP contribution >= 0.6 is 11.6 Å². The topological polar surface area (TPSA) is 72.9 Å². The van der Waals surface area contributed by atoms with Gasteiger partial charge in [0.05, 0.1) is 13.0 Å². The molecular formula is C20H18ClNO5. The predicted molar refractivity (Wildman–Crippen MR) is 100 cm³/mol. The zero-order valence-electron chi connectivity index (χ0n) is 14.7. The van der Waals surface area contributed by atoms with Crippen LogP contribution in [0.1, 0.15) is 16.8 Å². The molecule has 7 heteroatoms. The van der Waals surface area contributed by atoms with Crippen molar-refractivity contribution in [2.75, 3.05) is 25.2 Å². The van der Waals surface area contributed by atoms with E-state index < -0.39 is 11.9 Å². The Labute approximate surface area is 161 Å². The monoisotopic (exact) mass is 387 g/mol. The zero-order chi connectivity index (χ0) is 19.4. The number of esters is 1. The Morgan fingerprint density at radius 3 is 2.63 bits per heavy atom. The minimum absolute atomic E-state index is 0.0468. The van der Waals surface area contributed by atoms with Crippen LogP contribution in [0.4, 0.5) is 5.69 Å². The van der Waals surface area contributed by atoms with Crippen molar-refractivity contribution in [2.24, 2.45) is 5.92 Å². The highest BCUT2D eigenvalue weighted by atomic mass is 35.5. The van der Waals surface area contributed by atoms with Gasteiger partial charge in [-0.3, -0.25) is 14.4 Å². The molecule has 1 fully saturated rings. The number of hydrogen-bond donors (Lipinski definition) is 0. The molecule has 0 radical (unpaired) electrons. The number of carbonyl (C=O) groups excluding carboxylic acids is 3. The summed E-state index contributed by atoms with van der Waals surface area (Å²) in [6.45, 7) is -0.162. The van der Waals surface area contributed by atoms with Gasteiger partial charge >= 0.3 is 5.97 Å². The smallest absolute Gasteiger partial charge is 0.311 e. The van der Waals surface area contributed by atoms with Crippen LogP contribution in [0, 0.1) is 5.92 Å². The number of benzene rings is 2. The Hall–Kier alpha value is -2.86. The largest absolute Gasteiger partial charge is 0.497 e. The molecule has 0 aromatic heterocycles. The summed E-state index contributed by atoms with van der Waals surface area (Å²) < 4.78 is 10.3. The van der Waals surface area contributed by atoms with Gasteiger partial charge in [0, 0.05) is 35.3 Å². The summed E-state index contributed by atoms with van der Waals surface area (Å²) in [5, 5.41) is 0.519. The summed E-state index contributed by atoms with van der Waals surface area (Å²) in [6, 6.07) is 13.4. The van der Waals surface area contributed by atoms with Crippen LogP contribution in [-0.2, 0) is 14.3 Å². The number of hydrogen-bond acceptors (Lipinski definition) is 5. The maximum absolute atomic E-state index is 12.3. The molecule has 6 nitrogen and oxygen atoms in total. The van der Waals surface area contributed by atoms with Crippen LogP contribution in [0.3, 0.4) is 0 Å². The molecule has 1 atom stereocenters. The molecule has 0 saturated carbocycles. The highest BCUT2D eigenvalue weighted by Crippen LogP contribution is 2.28. The molecule has 2 aromatic carbocycles. The van der Waals surface area contributed by atoms with Crippen molar-refractivity contribution in [1.82, 2.24) is 0 Å². The van der Waals surface area contributed by atoms with Crippen LogP contribution in [0.2, 0.25) is 5.02 Å². The molecule has 1 amide bonds. The Morgan fingerprint density at radius 1 is 1.19 bits per heavy atom. The van der Waals surface area contributed by atoms with Crippen LogP contribution in [0.25, 0.3) is 0 Å². The van der Waals surface area contributed by atoms with Gasteiger partial charge in [0.1, 0.15) is 5.75 Å². The minimum atomic E-state index is -0.610. The number of halogens is 1. The van der Waals surface area contributed by atoms with Gasteiger partial charge in [-0.25, -0.2) is 0 Å². The maximum Gasteiger partial charge on any atom is 0.311 e. The SMILES string of the molecule is COc1cccc(N2C[C@@H](C(=O)OCC(=O)c3ccc(Cl)cc3)CC2=O)c1. The lowest BCUT2D eigenvalue weighted by molar-refractivity contribution is -0.147. The lowest BCUT2D eigenvalue weighted by Gasteiger charge is -2.17. The van der Waals surface area contributed by atoms with E-state index in [9.17, 15) is 14.4 Å². The first-order chi connectivity index (χ1) is 13.0. The van der Waals surface area contributed by atoms with Crippen molar-refractivity contribution in [1.29, 1.82) is 0 Å². The molecule has 1 saturated heterocycles. The third kappa shape index (κ3) is 4.46. The molecule has 0 aliphatic carbocycles. The van der Waals surface area contributed by atoms with Crippen LogP contribution < -0.4 is 9.64 Å². The predicted octanol–water partition coefficient (Wildman–Crippen LogP) is 3.13. The molecule has 1 aliphatic heterocycles. The van der Waals surface area contributed by atoms with Gasteiger partial charge < -0.3 is 14.4 Å². The molecule has 0 spiro atoms. The van der Waals surface area contributed by atoms with Crippen molar-refractivity contribution in [3.8, 4) is 5.75 Å². The number of amides is 1. The van der Waals surface area contributed by atoms with E-state index in [0.717, 1.165) is 0 Å². The second-order valence-electron chi connectivity index (χ2n) is 6.14. The van der Waals surface area contributed by atoms with E-state index in [0.29, 0.717) is 22.0 Å². The fraction of sp³-hybridized carbons (Fsp3) is 0.250. The number of anilines is 1. The van der Waals surface area contributed by atoms with Gasteiger partial charge in [0.15, 0.2) is 12.4 Å². The van der Waals surface area contributed by atoms with Crippen molar-refractivity contribution in [3.05, 3.63) is 59.1 Å². The van der Waals surface area contributed by atoms with Crippen LogP contribution in [0.5, 0.6) is 5.75 Å². The third-order valence-corrected chi connectivity index (χ3v) is 4.59. The zero-order valence-corrected chi connectivity index (χ0v) is 15.4. The number of carbonyl (C=O) groups is 3. The average molecular weight is 388 g/mol. The average Bonchev–Trinajstić information content (AvgIpc) is 3.08. The van der Waals surface area contributed by atoms with Gasteiger partial charge in [-0.2, -0.15) is 0 Å². The number of rotatable bonds is 6. The summed E-state index contributed by atoms with van der Waals surface area (Å²) in [7, 11) is 1.54. The van der Waals surface area contributed by atoms with Crippen molar-refractivity contribution in [2.45, 2.75) is 6.42 Å². The first kappa shape index (κ1) is 18.9. The van der Waals surface area contributed by atoms with E-state index in [1.165, 1.54) is 4.90 Å². The normalized spacial score (nSPS) is 16.3. The second-order valence-corrected chi connectivity index (χ2v) is 6.58. The molecule has 3 rings (SSSR count). The van der Waals surface area contributed by atoms with Crippen molar-refractivity contribution >= 4 is 34.9 Å².